The summed E-state index contributed by atoms with van der Waals surface area (Å²) in [6.07, 6.45) is 0. The number of hydrogen-bond donors (Lipinski definition) is 1. The van der Waals surface area contributed by atoms with E-state index in [0.717, 1.165) is 11.4 Å². The molecule has 0 aromatic heterocycles. The Morgan fingerprint density at radius 2 is 1.28 bits per heavy atom. The van der Waals surface area contributed by atoms with Crippen molar-refractivity contribution in [1.29, 1.82) is 0 Å². The summed E-state index contributed by atoms with van der Waals surface area (Å²) in [6, 6.07) is 19.2. The zero-order chi connectivity index (χ0) is 21.7. The molecule has 1 aliphatic heterocycles. The monoisotopic (exact) mass is 428 g/mol. The van der Waals surface area contributed by atoms with Gasteiger partial charge >= 0.3 is 0 Å². The molecule has 2 aromatic rings. The number of hydrogen-bond acceptors (Lipinski definition) is 1. The minimum Gasteiger partial charge on any atom is -0.329 e. The van der Waals surface area contributed by atoms with Gasteiger partial charge in [-0.25, -0.2) is 13.4 Å². The fourth-order valence-corrected chi connectivity index (χ4v) is 18.2. The van der Waals surface area contributed by atoms with Gasteiger partial charge in [0.2, 0.25) is 8.40 Å². The van der Waals surface area contributed by atoms with Gasteiger partial charge in [0.15, 0.2) is 7.51 Å². The van der Waals surface area contributed by atoms with Gasteiger partial charge in [-0.3, -0.25) is 0 Å². The Kier molecular flexibility index (Phi) is 5.68. The number of benzene rings is 2. The van der Waals surface area contributed by atoms with Gasteiger partial charge in [0, 0.05) is 16.8 Å². The van der Waals surface area contributed by atoms with Gasteiger partial charge in [0.05, 0.1) is 5.69 Å². The highest BCUT2D eigenvalue weighted by molar-refractivity contribution is 7.71. The maximum Gasteiger partial charge on any atom is 0.216 e. The van der Waals surface area contributed by atoms with E-state index >= 15 is 0 Å². The first-order valence-electron chi connectivity index (χ1n) is 10.4. The molecule has 1 saturated heterocycles. The van der Waals surface area contributed by atoms with Gasteiger partial charge < -0.3 is 5.09 Å². The minimum absolute atomic E-state index is 0.0151. The first-order valence-corrected chi connectivity index (χ1v) is 15.0. The Morgan fingerprint density at radius 1 is 0.793 bits per heavy atom. The highest BCUT2D eigenvalue weighted by Gasteiger charge is 2.67. The lowest BCUT2D eigenvalue weighted by atomic mass is 10.1. The van der Waals surface area contributed by atoms with E-state index < -0.39 is 15.9 Å². The standard InChI is InChI=1S/C23H37N4PSi/c1-19-15-17-21(18-16-19)25-28(24-20-13-11-10-12-14-20)26(22(2,3)4)29(8,9)27(28)23(5,6)7/h10-18,24H,1-9H3. The fourth-order valence-electron chi connectivity index (χ4n) is 4.98. The smallest absolute Gasteiger partial charge is 0.216 e. The van der Waals surface area contributed by atoms with Crippen LogP contribution in [0.4, 0.5) is 11.4 Å². The van der Waals surface area contributed by atoms with Gasteiger partial charge in [-0.1, -0.05) is 35.9 Å². The van der Waals surface area contributed by atoms with Crippen LogP contribution in [0.15, 0.2) is 59.3 Å². The Hall–Kier alpha value is -1.39. The zero-order valence-electron chi connectivity index (χ0n) is 19.5. The quantitative estimate of drug-likeness (QED) is 0.403. The van der Waals surface area contributed by atoms with Gasteiger partial charge in [-0.2, -0.15) is 0 Å². The lowest BCUT2D eigenvalue weighted by molar-refractivity contribution is 0.235. The van der Waals surface area contributed by atoms with Crippen LogP contribution >= 0.6 is 7.51 Å². The lowest BCUT2D eigenvalue weighted by Crippen LogP contribution is -2.79. The van der Waals surface area contributed by atoms with Crippen molar-refractivity contribution in [3.8, 4) is 0 Å². The molecule has 1 fully saturated rings. The van der Waals surface area contributed by atoms with Crippen LogP contribution in [0, 0.1) is 6.92 Å². The normalized spacial score (nSPS) is 19.5. The largest absolute Gasteiger partial charge is 0.329 e. The molecule has 0 spiro atoms. The van der Waals surface area contributed by atoms with Crippen molar-refractivity contribution in [3.63, 3.8) is 0 Å². The summed E-state index contributed by atoms with van der Waals surface area (Å²) in [4.78, 5) is 0. The molecule has 29 heavy (non-hydrogen) atoms. The number of anilines is 1. The van der Waals surface area contributed by atoms with Crippen molar-refractivity contribution in [2.24, 2.45) is 4.74 Å². The summed E-state index contributed by atoms with van der Waals surface area (Å²) in [5, 5.41) is 3.95. The van der Waals surface area contributed by atoms with Crippen molar-refractivity contribution >= 4 is 27.3 Å². The molecule has 0 amide bonds. The van der Waals surface area contributed by atoms with E-state index in [0.29, 0.717) is 0 Å². The fraction of sp³-hybridized carbons (Fsp3) is 0.478. The maximum absolute atomic E-state index is 5.51. The van der Waals surface area contributed by atoms with E-state index in [1.165, 1.54) is 5.56 Å². The number of rotatable bonds is 3. The van der Waals surface area contributed by atoms with Crippen LogP contribution in [0.3, 0.4) is 0 Å². The van der Waals surface area contributed by atoms with Crippen LogP contribution in [0.1, 0.15) is 47.1 Å². The Balaban J connectivity index is 2.29. The number of nitrogens with one attached hydrogen (secondary N) is 1. The highest BCUT2D eigenvalue weighted by Crippen LogP contribution is 2.74. The predicted molar refractivity (Wildman–Crippen MR) is 131 cm³/mol. The van der Waals surface area contributed by atoms with Crippen molar-refractivity contribution in [2.45, 2.75) is 72.6 Å². The van der Waals surface area contributed by atoms with Gasteiger partial charge in [0.25, 0.3) is 0 Å². The van der Waals surface area contributed by atoms with E-state index in [1.807, 2.05) is 0 Å². The number of para-hydroxylation sites is 1. The van der Waals surface area contributed by atoms with Gasteiger partial charge in [-0.15, -0.1) is 0 Å². The lowest BCUT2D eigenvalue weighted by Gasteiger charge is -2.71. The molecule has 3 rings (SSSR count). The molecule has 4 nitrogen and oxygen atoms in total. The van der Waals surface area contributed by atoms with E-state index in [9.17, 15) is 0 Å². The molecule has 1 aliphatic rings. The Bertz CT molecular complexity index is 881. The Labute approximate surface area is 178 Å². The van der Waals surface area contributed by atoms with Crippen LogP contribution < -0.4 is 5.09 Å². The second-order valence-electron chi connectivity index (χ2n) is 10.4. The summed E-state index contributed by atoms with van der Waals surface area (Å²) in [5.74, 6) is 0. The number of aryl methyl sites for hydroxylation is 1. The van der Waals surface area contributed by atoms with Crippen LogP contribution in [0.25, 0.3) is 0 Å². The molecular formula is C23H37N4PSi. The first-order chi connectivity index (χ1) is 13.3. The van der Waals surface area contributed by atoms with Gasteiger partial charge in [-0.05, 0) is 85.8 Å². The van der Waals surface area contributed by atoms with Crippen molar-refractivity contribution in [2.75, 3.05) is 5.09 Å². The summed E-state index contributed by atoms with van der Waals surface area (Å²) in [6.45, 7) is 21.0. The van der Waals surface area contributed by atoms with Crippen LogP contribution in [0.2, 0.25) is 13.1 Å². The molecule has 0 bridgehead atoms. The molecule has 0 radical (unpaired) electrons. The SMILES string of the molecule is Cc1ccc(N=P2(Nc3ccccc3)N(C(C)(C)C)[Si](C)(C)N2C(C)(C)C)cc1. The van der Waals surface area contributed by atoms with E-state index in [4.69, 9.17) is 4.74 Å². The summed E-state index contributed by atoms with van der Waals surface area (Å²) < 4.78 is 11.0. The second-order valence-corrected chi connectivity index (χ2v) is 17.4. The van der Waals surface area contributed by atoms with E-state index in [2.05, 4.69) is 130 Å². The van der Waals surface area contributed by atoms with Crippen LogP contribution in [-0.2, 0) is 0 Å². The van der Waals surface area contributed by atoms with Gasteiger partial charge in [0.1, 0.15) is 0 Å². The predicted octanol–water partition coefficient (Wildman–Crippen LogP) is 7.60. The average Bonchev–Trinajstić information content (AvgIpc) is 2.54. The maximum atomic E-state index is 5.51. The Morgan fingerprint density at radius 3 is 1.72 bits per heavy atom. The molecule has 0 atom stereocenters. The molecule has 1 N–H and O–H groups in total. The van der Waals surface area contributed by atoms with Crippen molar-refractivity contribution in [1.82, 2.24) is 8.67 Å². The molecule has 2 aromatic carbocycles. The third kappa shape index (κ3) is 4.11. The molecule has 6 heteroatoms. The topological polar surface area (TPSA) is 30.9 Å². The molecule has 0 unspecified atom stereocenters. The summed E-state index contributed by atoms with van der Waals surface area (Å²) in [5.41, 5.74) is 3.46. The minimum atomic E-state index is -2.21. The number of nitrogens with zero attached hydrogens (tertiary/aromatic N) is 3. The van der Waals surface area contributed by atoms with E-state index in [1.54, 1.807) is 0 Å². The molecule has 1 heterocycles. The molecular weight excluding hydrogens is 391 g/mol. The van der Waals surface area contributed by atoms with Crippen molar-refractivity contribution in [3.05, 3.63) is 60.2 Å². The molecule has 0 aliphatic carbocycles. The van der Waals surface area contributed by atoms with Crippen LogP contribution in [-0.4, -0.2) is 28.1 Å². The average molecular weight is 429 g/mol. The van der Waals surface area contributed by atoms with Crippen molar-refractivity contribution < 1.29 is 0 Å². The highest BCUT2D eigenvalue weighted by atomic mass is 31.2. The summed E-state index contributed by atoms with van der Waals surface area (Å²) >= 11 is 0. The molecule has 158 valence electrons. The first kappa shape index (κ1) is 22.3. The molecule has 0 saturated carbocycles. The summed E-state index contributed by atoms with van der Waals surface area (Å²) in [7, 11) is -4.08. The zero-order valence-corrected chi connectivity index (χ0v) is 21.4. The third-order valence-corrected chi connectivity index (χ3v) is 16.6. The third-order valence-electron chi connectivity index (χ3n) is 5.21. The van der Waals surface area contributed by atoms with E-state index in [-0.39, 0.29) is 11.1 Å². The second kappa shape index (κ2) is 7.38. The van der Waals surface area contributed by atoms with Crippen LogP contribution in [0.5, 0.6) is 0 Å².